The van der Waals surface area contributed by atoms with Gasteiger partial charge >= 0.3 is 28.1 Å². The third-order valence-corrected chi connectivity index (χ3v) is 7.75. The fourth-order valence-electron chi connectivity index (χ4n) is 1.69. The van der Waals surface area contributed by atoms with E-state index in [1.54, 1.807) is 0 Å². The number of alkyl halides is 2. The molecule has 0 aliphatic carbocycles. The molecule has 0 saturated carbocycles. The van der Waals surface area contributed by atoms with Gasteiger partial charge in [0.05, 0.1) is 6.61 Å². The summed E-state index contributed by atoms with van der Waals surface area (Å²) in [5.74, 6) is 0. The fourth-order valence-corrected chi connectivity index (χ4v) is 5.79. The minimum absolute atomic E-state index is 0.592. The van der Waals surface area contributed by atoms with E-state index >= 15 is 0 Å². The summed E-state index contributed by atoms with van der Waals surface area (Å²) >= 11 is 9.82. The Kier molecular flexibility index (Phi) is 10.1. The van der Waals surface area contributed by atoms with Gasteiger partial charge in [-0.25, -0.2) is 22.6 Å². The number of aromatic amines is 1. The first-order chi connectivity index (χ1) is 13.6. The quantitative estimate of drug-likeness (QED) is 0.144. The first kappa shape index (κ1) is 27.7. The van der Waals surface area contributed by atoms with Crippen molar-refractivity contribution < 1.29 is 56.1 Å². The molecule has 0 radical (unpaired) electrons. The third-order valence-electron chi connectivity index (χ3n) is 2.75. The topological polar surface area (TPSA) is 227 Å². The lowest BCUT2D eigenvalue weighted by Gasteiger charge is -2.26. The molecule has 15 nitrogen and oxygen atoms in total. The summed E-state index contributed by atoms with van der Waals surface area (Å²) in [7, 11) is -11.1. The molecule has 174 valence electrons. The average Bonchev–Trinajstić information content (AvgIpc) is 2.52. The predicted octanol–water partition coefficient (Wildman–Crippen LogP) is -0.593. The molecule has 1 aromatic rings. The number of aromatic nitrogens is 2. The van der Waals surface area contributed by atoms with E-state index in [9.17, 15) is 33.1 Å². The summed E-state index contributed by atoms with van der Waals surface area (Å²) in [6, 6.07) is 0.872. The van der Waals surface area contributed by atoms with Crippen LogP contribution in [0, 0.1) is 0 Å². The standard InChI is InChI=1S/C9H15ClFN2O13P3S/c10-8(15)5(24-7(3-11)13-2-1-6(14)12-9(13)16)4-23-29(22,30)26-28(20,21)25-27(17,18)19/h1-2,5,7-8,15H,3-4H2,(H,20,21)(H,22,30)(H,12,14,16)(H2,17,18,19)/t5-,7-,8-,29?/m1/s1. The zero-order valence-corrected chi connectivity index (χ0v) is 18.5. The van der Waals surface area contributed by atoms with Gasteiger partial charge < -0.3 is 33.9 Å². The van der Waals surface area contributed by atoms with Crippen LogP contribution in [0.15, 0.2) is 21.9 Å². The van der Waals surface area contributed by atoms with Gasteiger partial charge in [-0.2, -0.15) is 4.31 Å². The predicted molar refractivity (Wildman–Crippen MR) is 99.6 cm³/mol. The second-order valence-electron chi connectivity index (χ2n) is 5.06. The highest BCUT2D eigenvalue weighted by atomic mass is 35.5. The van der Waals surface area contributed by atoms with Crippen molar-refractivity contribution in [2.45, 2.75) is 17.9 Å². The maximum Gasteiger partial charge on any atom is 0.488 e. The van der Waals surface area contributed by atoms with Gasteiger partial charge in [0.2, 0.25) is 0 Å². The molecule has 30 heavy (non-hydrogen) atoms. The first-order valence-corrected chi connectivity index (χ1v) is 13.2. The minimum atomic E-state index is -5.58. The number of nitrogens with one attached hydrogen (secondary N) is 1. The monoisotopic (exact) mass is 538 g/mol. The molecule has 0 saturated heterocycles. The zero-order chi connectivity index (χ0) is 23.3. The molecule has 6 N–H and O–H groups in total. The molecule has 1 heterocycles. The lowest BCUT2D eigenvalue weighted by atomic mass is 10.4. The van der Waals surface area contributed by atoms with Gasteiger partial charge in [0.15, 0.2) is 11.8 Å². The van der Waals surface area contributed by atoms with Crippen LogP contribution < -0.4 is 11.2 Å². The van der Waals surface area contributed by atoms with Gasteiger partial charge in [0.25, 0.3) is 5.56 Å². The van der Waals surface area contributed by atoms with Gasteiger partial charge in [0.1, 0.15) is 12.8 Å². The molecule has 0 spiro atoms. The molecule has 0 aliphatic heterocycles. The summed E-state index contributed by atoms with van der Waals surface area (Å²) in [4.78, 5) is 60.5. The Labute approximate surface area is 176 Å². The number of nitrogens with zero attached hydrogens (tertiary/aromatic N) is 1. The molecule has 0 aromatic carbocycles. The molecule has 0 fully saturated rings. The van der Waals surface area contributed by atoms with Crippen molar-refractivity contribution in [3.63, 3.8) is 0 Å². The average molecular weight is 539 g/mol. The molecule has 21 heteroatoms. The largest absolute Gasteiger partial charge is 0.488 e. The van der Waals surface area contributed by atoms with E-state index in [1.807, 2.05) is 4.98 Å². The van der Waals surface area contributed by atoms with Crippen molar-refractivity contribution in [1.82, 2.24) is 9.55 Å². The molecule has 0 aliphatic rings. The summed E-state index contributed by atoms with van der Waals surface area (Å²) in [6.45, 7) is -7.12. The van der Waals surface area contributed by atoms with Crippen LogP contribution in [-0.2, 0) is 38.8 Å². The Morgan fingerprint density at radius 3 is 2.30 bits per heavy atom. The van der Waals surface area contributed by atoms with E-state index in [1.165, 1.54) is 0 Å². The van der Waals surface area contributed by atoms with Gasteiger partial charge in [0, 0.05) is 12.3 Å². The van der Waals surface area contributed by atoms with Crippen LogP contribution in [0.3, 0.4) is 0 Å². The van der Waals surface area contributed by atoms with Crippen LogP contribution in [0.4, 0.5) is 4.39 Å². The van der Waals surface area contributed by atoms with Gasteiger partial charge in [-0.15, -0.1) is 0 Å². The molecule has 5 atom stereocenters. The van der Waals surface area contributed by atoms with Crippen LogP contribution >= 0.6 is 34.0 Å². The Hall–Kier alpha value is -0.350. The van der Waals surface area contributed by atoms with Crippen LogP contribution in [0.1, 0.15) is 6.23 Å². The highest BCUT2D eigenvalue weighted by molar-refractivity contribution is 8.08. The van der Waals surface area contributed by atoms with Crippen LogP contribution in [0.25, 0.3) is 0 Å². The lowest BCUT2D eigenvalue weighted by Crippen LogP contribution is -2.38. The van der Waals surface area contributed by atoms with E-state index < -0.39 is 64.8 Å². The van der Waals surface area contributed by atoms with E-state index in [-0.39, 0.29) is 0 Å². The molecule has 0 amide bonds. The number of aliphatic hydroxyl groups excluding tert-OH is 1. The number of rotatable bonds is 12. The van der Waals surface area contributed by atoms with Crippen molar-refractivity contribution in [1.29, 1.82) is 0 Å². The molecular formula is C9H15ClFN2O13P3S. The number of halogens is 2. The summed E-state index contributed by atoms with van der Waals surface area (Å²) < 4.78 is 53.0. The lowest BCUT2D eigenvalue weighted by molar-refractivity contribution is -0.110. The van der Waals surface area contributed by atoms with Crippen molar-refractivity contribution in [2.24, 2.45) is 0 Å². The van der Waals surface area contributed by atoms with Crippen molar-refractivity contribution in [3.05, 3.63) is 33.1 Å². The second-order valence-corrected chi connectivity index (χ2v) is 11.3. The van der Waals surface area contributed by atoms with Crippen molar-refractivity contribution in [3.8, 4) is 0 Å². The Morgan fingerprint density at radius 1 is 1.23 bits per heavy atom. The minimum Gasteiger partial charge on any atom is -0.375 e. The van der Waals surface area contributed by atoms with Crippen LogP contribution in [0.2, 0.25) is 0 Å². The summed E-state index contributed by atoms with van der Waals surface area (Å²) in [5.41, 5.74) is -3.81. The summed E-state index contributed by atoms with van der Waals surface area (Å²) in [5, 5.41) is 9.52. The smallest absolute Gasteiger partial charge is 0.375 e. The molecule has 2 unspecified atom stereocenters. The number of aliphatic hydroxyl groups is 1. The molecular weight excluding hydrogens is 524 g/mol. The fraction of sp³-hybridized carbons (Fsp3) is 0.556. The normalized spacial score (nSPS) is 19.4. The van der Waals surface area contributed by atoms with Crippen molar-refractivity contribution in [2.75, 3.05) is 13.3 Å². The summed E-state index contributed by atoms with van der Waals surface area (Å²) in [6.07, 6.45) is -2.59. The van der Waals surface area contributed by atoms with Crippen LogP contribution in [-0.4, -0.2) is 59.2 Å². The third kappa shape index (κ3) is 9.85. The maximum atomic E-state index is 13.3. The van der Waals surface area contributed by atoms with E-state index in [0.29, 0.717) is 4.57 Å². The Balaban J connectivity index is 2.89. The highest BCUT2D eigenvalue weighted by Crippen LogP contribution is 2.66. The second kappa shape index (κ2) is 11.0. The van der Waals surface area contributed by atoms with Crippen LogP contribution in [0.5, 0.6) is 0 Å². The highest BCUT2D eigenvalue weighted by Gasteiger charge is 2.39. The van der Waals surface area contributed by atoms with Crippen molar-refractivity contribution >= 4 is 45.8 Å². The first-order valence-electron chi connectivity index (χ1n) is 7.18. The zero-order valence-electron chi connectivity index (χ0n) is 14.3. The number of phosphoric acid groups is 2. The van der Waals surface area contributed by atoms with E-state index in [0.717, 1.165) is 12.3 Å². The van der Waals surface area contributed by atoms with Gasteiger partial charge in [-0.05, 0) is 11.8 Å². The molecule has 1 rings (SSSR count). The SMILES string of the molecule is O=c1ccn([C@@H](CF)O[C@H](COP(O)(=S)OP(=O)(O)OP(=O)(O)O)[C@@H](O)Cl)c(=O)[nH]1. The van der Waals surface area contributed by atoms with E-state index in [4.69, 9.17) is 31.0 Å². The Bertz CT molecular complexity index is 981. The van der Waals surface area contributed by atoms with Gasteiger partial charge in [-0.1, -0.05) is 11.6 Å². The Morgan fingerprint density at radius 2 is 1.83 bits per heavy atom. The molecule has 1 aromatic heterocycles. The maximum absolute atomic E-state index is 13.3. The number of hydrogen-bond acceptors (Lipinski definition) is 10. The number of ether oxygens (including phenoxy) is 1. The van der Waals surface area contributed by atoms with E-state index in [2.05, 4.69) is 25.0 Å². The number of hydrogen-bond donors (Lipinski definition) is 6. The van der Waals surface area contributed by atoms with Gasteiger partial charge in [-0.3, -0.25) is 14.3 Å². The number of H-pyrrole nitrogens is 1. The molecule has 0 bridgehead atoms.